The second-order valence-electron chi connectivity index (χ2n) is 3.64. The van der Waals surface area contributed by atoms with Crippen molar-refractivity contribution in [1.29, 1.82) is 0 Å². The van der Waals surface area contributed by atoms with E-state index >= 15 is 0 Å². The third-order valence-electron chi connectivity index (χ3n) is 2.25. The van der Waals surface area contributed by atoms with Gasteiger partial charge in [-0.1, -0.05) is 0 Å². The molecule has 0 aromatic heterocycles. The molecule has 2 N–H and O–H groups in total. The zero-order valence-corrected chi connectivity index (χ0v) is 11.1. The highest BCUT2D eigenvalue weighted by atomic mass is 79.9. The van der Waals surface area contributed by atoms with E-state index in [0.29, 0.717) is 11.5 Å². The van der Waals surface area contributed by atoms with Crippen LogP contribution >= 0.6 is 15.9 Å². The van der Waals surface area contributed by atoms with Crippen LogP contribution in [0.3, 0.4) is 0 Å². The number of rotatable bonds is 3. The molecule has 0 spiro atoms. The molecule has 18 heavy (non-hydrogen) atoms. The molecule has 0 bridgehead atoms. The van der Waals surface area contributed by atoms with Crippen LogP contribution in [0, 0.1) is 0 Å². The Morgan fingerprint density at radius 2 is 2.22 bits per heavy atom. The SMILES string of the molecule is CC(O)C(=O)NN=Cc1cc2c(cc1Br)OCO2. The fraction of sp³-hybridized carbons (Fsp3) is 0.273. The molecule has 0 fully saturated rings. The quantitative estimate of drug-likeness (QED) is 0.644. The Morgan fingerprint density at radius 3 is 2.89 bits per heavy atom. The lowest BCUT2D eigenvalue weighted by molar-refractivity contribution is -0.128. The second kappa shape index (κ2) is 5.36. The van der Waals surface area contributed by atoms with Crippen LogP contribution in [-0.4, -0.2) is 30.1 Å². The molecular weight excluding hydrogens is 304 g/mol. The first-order valence-electron chi connectivity index (χ1n) is 5.18. The van der Waals surface area contributed by atoms with Gasteiger partial charge in [0.05, 0.1) is 6.21 Å². The Labute approximate surface area is 112 Å². The van der Waals surface area contributed by atoms with Gasteiger partial charge in [-0.25, -0.2) is 5.43 Å². The molecule has 1 heterocycles. The van der Waals surface area contributed by atoms with E-state index in [1.165, 1.54) is 13.1 Å². The minimum Gasteiger partial charge on any atom is -0.454 e. The zero-order valence-electron chi connectivity index (χ0n) is 9.51. The molecule has 7 heteroatoms. The Kier molecular flexibility index (Phi) is 3.83. The van der Waals surface area contributed by atoms with Gasteiger partial charge in [-0.3, -0.25) is 4.79 Å². The van der Waals surface area contributed by atoms with Crippen LogP contribution in [0.5, 0.6) is 11.5 Å². The van der Waals surface area contributed by atoms with E-state index in [-0.39, 0.29) is 6.79 Å². The largest absolute Gasteiger partial charge is 0.454 e. The average Bonchev–Trinajstić information content (AvgIpc) is 2.75. The van der Waals surface area contributed by atoms with Gasteiger partial charge in [0.25, 0.3) is 5.91 Å². The molecule has 1 aromatic carbocycles. The summed E-state index contributed by atoms with van der Waals surface area (Å²) in [6.45, 7) is 1.56. The number of amides is 1. The molecule has 1 aliphatic heterocycles. The second-order valence-corrected chi connectivity index (χ2v) is 4.49. The molecule has 1 aromatic rings. The number of aliphatic hydroxyl groups is 1. The highest BCUT2D eigenvalue weighted by Gasteiger charge is 2.15. The summed E-state index contributed by atoms with van der Waals surface area (Å²) in [5, 5.41) is 12.7. The van der Waals surface area contributed by atoms with E-state index in [1.54, 1.807) is 12.1 Å². The first-order chi connectivity index (χ1) is 8.58. The third kappa shape index (κ3) is 2.80. The van der Waals surface area contributed by atoms with Gasteiger partial charge in [0, 0.05) is 10.0 Å². The molecule has 0 saturated heterocycles. The number of fused-ring (bicyclic) bond motifs is 1. The molecule has 96 valence electrons. The van der Waals surface area contributed by atoms with E-state index in [9.17, 15) is 4.79 Å². The van der Waals surface area contributed by atoms with Crippen LogP contribution in [0.4, 0.5) is 0 Å². The fourth-order valence-electron chi connectivity index (χ4n) is 1.29. The van der Waals surface area contributed by atoms with Gasteiger partial charge in [0.1, 0.15) is 6.10 Å². The minimum absolute atomic E-state index is 0.196. The maximum Gasteiger partial charge on any atom is 0.268 e. The van der Waals surface area contributed by atoms with Gasteiger partial charge in [-0.15, -0.1) is 0 Å². The van der Waals surface area contributed by atoms with Crippen molar-refractivity contribution < 1.29 is 19.4 Å². The molecule has 0 radical (unpaired) electrons. The number of carbonyl (C=O) groups is 1. The van der Waals surface area contributed by atoms with Crippen molar-refractivity contribution in [3.8, 4) is 11.5 Å². The van der Waals surface area contributed by atoms with Gasteiger partial charge < -0.3 is 14.6 Å². The minimum atomic E-state index is -1.10. The predicted octanol–water partition coefficient (Wildman–Crippen LogP) is 1.01. The van der Waals surface area contributed by atoms with Gasteiger partial charge >= 0.3 is 0 Å². The predicted molar refractivity (Wildman–Crippen MR) is 67.7 cm³/mol. The number of ether oxygens (including phenoxy) is 2. The summed E-state index contributed by atoms with van der Waals surface area (Å²) in [5.74, 6) is 0.719. The van der Waals surface area contributed by atoms with Crippen LogP contribution in [0.1, 0.15) is 12.5 Å². The van der Waals surface area contributed by atoms with Crippen LogP contribution in [0.25, 0.3) is 0 Å². The normalized spacial score (nSPS) is 14.8. The molecular formula is C11H11BrN2O4. The number of carbonyl (C=O) groups excluding carboxylic acids is 1. The van der Waals surface area contributed by atoms with Crippen LogP contribution in [0.15, 0.2) is 21.7 Å². The van der Waals surface area contributed by atoms with Crippen LogP contribution in [-0.2, 0) is 4.79 Å². The lowest BCUT2D eigenvalue weighted by Gasteiger charge is -2.03. The molecule has 1 amide bonds. The maximum atomic E-state index is 11.1. The van der Waals surface area contributed by atoms with Crippen LogP contribution < -0.4 is 14.9 Å². The first kappa shape index (κ1) is 12.8. The average molecular weight is 315 g/mol. The first-order valence-corrected chi connectivity index (χ1v) is 5.97. The van der Waals surface area contributed by atoms with Crippen molar-refractivity contribution in [3.05, 3.63) is 22.2 Å². The zero-order chi connectivity index (χ0) is 13.1. The summed E-state index contributed by atoms with van der Waals surface area (Å²) in [5.41, 5.74) is 2.94. The summed E-state index contributed by atoms with van der Waals surface area (Å²) in [4.78, 5) is 11.1. The van der Waals surface area contributed by atoms with Crippen molar-refractivity contribution in [3.63, 3.8) is 0 Å². The number of halogens is 1. The maximum absolute atomic E-state index is 11.1. The molecule has 1 unspecified atom stereocenters. The number of aliphatic hydroxyl groups excluding tert-OH is 1. The number of hydrogen-bond donors (Lipinski definition) is 2. The summed E-state index contributed by atoms with van der Waals surface area (Å²) in [6.07, 6.45) is 0.356. The number of nitrogens with one attached hydrogen (secondary N) is 1. The Balaban J connectivity index is 2.10. The molecule has 0 aliphatic carbocycles. The molecule has 0 saturated carbocycles. The summed E-state index contributed by atoms with van der Waals surface area (Å²) in [6, 6.07) is 3.50. The Morgan fingerprint density at radius 1 is 1.56 bits per heavy atom. The van der Waals surface area contributed by atoms with E-state index in [1.807, 2.05) is 0 Å². The monoisotopic (exact) mass is 314 g/mol. The smallest absolute Gasteiger partial charge is 0.268 e. The lowest BCUT2D eigenvalue weighted by Crippen LogP contribution is -2.28. The van der Waals surface area contributed by atoms with Gasteiger partial charge in [0.2, 0.25) is 6.79 Å². The number of hydrogen-bond acceptors (Lipinski definition) is 5. The van der Waals surface area contributed by atoms with Crippen LogP contribution in [0.2, 0.25) is 0 Å². The standard InChI is InChI=1S/C11H11BrN2O4/c1-6(15)11(16)14-13-4-7-2-9-10(3-8(7)12)18-5-17-9/h2-4,6,15H,5H2,1H3,(H,14,16). The van der Waals surface area contributed by atoms with E-state index in [2.05, 4.69) is 26.5 Å². The highest BCUT2D eigenvalue weighted by Crippen LogP contribution is 2.36. The van der Waals surface area contributed by atoms with Crippen molar-refractivity contribution in [2.45, 2.75) is 13.0 Å². The summed E-state index contributed by atoms with van der Waals surface area (Å²) in [7, 11) is 0. The Bertz CT molecular complexity index is 502. The molecule has 2 rings (SSSR count). The topological polar surface area (TPSA) is 80.2 Å². The van der Waals surface area contributed by atoms with Crippen molar-refractivity contribution in [2.24, 2.45) is 5.10 Å². The van der Waals surface area contributed by atoms with Gasteiger partial charge in [-0.2, -0.15) is 5.10 Å². The Hall–Kier alpha value is -1.60. The van der Waals surface area contributed by atoms with E-state index < -0.39 is 12.0 Å². The summed E-state index contributed by atoms with van der Waals surface area (Å²) < 4.78 is 11.2. The van der Waals surface area contributed by atoms with E-state index in [4.69, 9.17) is 14.6 Å². The molecule has 1 atom stereocenters. The van der Waals surface area contributed by atoms with Gasteiger partial charge in [0.15, 0.2) is 11.5 Å². The number of benzene rings is 1. The van der Waals surface area contributed by atoms with Crippen molar-refractivity contribution in [2.75, 3.05) is 6.79 Å². The number of hydrazone groups is 1. The van der Waals surface area contributed by atoms with E-state index in [0.717, 1.165) is 10.0 Å². The summed E-state index contributed by atoms with van der Waals surface area (Å²) >= 11 is 3.36. The number of nitrogens with zero attached hydrogens (tertiary/aromatic N) is 1. The molecule has 6 nitrogen and oxygen atoms in total. The lowest BCUT2D eigenvalue weighted by atomic mass is 10.2. The van der Waals surface area contributed by atoms with Gasteiger partial charge in [-0.05, 0) is 35.0 Å². The van der Waals surface area contributed by atoms with Crippen molar-refractivity contribution in [1.82, 2.24) is 5.43 Å². The fourth-order valence-corrected chi connectivity index (χ4v) is 1.72. The highest BCUT2D eigenvalue weighted by molar-refractivity contribution is 9.10. The van der Waals surface area contributed by atoms with Crippen molar-refractivity contribution >= 4 is 28.1 Å². The molecule has 1 aliphatic rings. The third-order valence-corrected chi connectivity index (χ3v) is 2.94.